The fraction of sp³-hybridized carbons (Fsp3) is 0.667. The van der Waals surface area contributed by atoms with Gasteiger partial charge in [0.2, 0.25) is 5.91 Å². The normalized spacial score (nSPS) is 18.0. The lowest BCUT2D eigenvalue weighted by atomic mass is 9.93. The molecule has 5 nitrogen and oxygen atoms in total. The van der Waals surface area contributed by atoms with Crippen LogP contribution in [0.3, 0.4) is 0 Å². The van der Waals surface area contributed by atoms with Crippen molar-refractivity contribution < 1.29 is 14.3 Å². The molecule has 6 heteroatoms. The van der Waals surface area contributed by atoms with E-state index >= 15 is 0 Å². The molecule has 152 valence electrons. The first kappa shape index (κ1) is 21.8. The second-order valence-corrected chi connectivity index (χ2v) is 7.51. The van der Waals surface area contributed by atoms with Crippen molar-refractivity contribution in [2.45, 2.75) is 64.0 Å². The summed E-state index contributed by atoms with van der Waals surface area (Å²) in [4.78, 5) is 12.2. The number of carbonyl (C=O) groups excluding carboxylic acids is 1. The number of nitrogens with one attached hydrogen (secondary N) is 2. The number of hydrogen-bond acceptors (Lipinski definition) is 4. The molecule has 2 aliphatic rings. The summed E-state index contributed by atoms with van der Waals surface area (Å²) in [6, 6.07) is 5.86. The number of rotatable bonds is 8. The molecule has 3 rings (SSSR count). The van der Waals surface area contributed by atoms with E-state index in [1.54, 1.807) is 7.11 Å². The van der Waals surface area contributed by atoms with Crippen LogP contribution in [-0.4, -0.2) is 32.2 Å². The predicted molar refractivity (Wildman–Crippen MR) is 110 cm³/mol. The second-order valence-electron chi connectivity index (χ2n) is 7.51. The van der Waals surface area contributed by atoms with Crippen LogP contribution in [0.4, 0.5) is 0 Å². The molecular weight excluding hydrogens is 364 g/mol. The fourth-order valence-electron chi connectivity index (χ4n) is 3.89. The molecule has 1 aromatic carbocycles. The number of piperidine rings is 1. The van der Waals surface area contributed by atoms with Crippen LogP contribution in [0.2, 0.25) is 0 Å². The summed E-state index contributed by atoms with van der Waals surface area (Å²) < 4.78 is 11.5. The van der Waals surface area contributed by atoms with Gasteiger partial charge >= 0.3 is 0 Å². The van der Waals surface area contributed by atoms with Crippen molar-refractivity contribution >= 4 is 18.3 Å². The first-order valence-electron chi connectivity index (χ1n) is 10.1. The Bertz CT molecular complexity index is 585. The number of ether oxygens (including phenoxy) is 2. The predicted octanol–water partition coefficient (Wildman–Crippen LogP) is 3.83. The van der Waals surface area contributed by atoms with Crippen LogP contribution in [0.5, 0.6) is 11.5 Å². The Morgan fingerprint density at radius 3 is 2.63 bits per heavy atom. The smallest absolute Gasteiger partial charge is 0.220 e. The Morgan fingerprint density at radius 1 is 1.19 bits per heavy atom. The zero-order chi connectivity index (χ0) is 18.2. The van der Waals surface area contributed by atoms with Gasteiger partial charge in [0.15, 0.2) is 0 Å². The second kappa shape index (κ2) is 11.4. The van der Waals surface area contributed by atoms with Crippen LogP contribution in [0.1, 0.15) is 56.9 Å². The van der Waals surface area contributed by atoms with Gasteiger partial charge in [-0.3, -0.25) is 4.79 Å². The zero-order valence-electron chi connectivity index (χ0n) is 16.3. The third kappa shape index (κ3) is 6.89. The lowest BCUT2D eigenvalue weighted by Gasteiger charge is -2.22. The van der Waals surface area contributed by atoms with Crippen molar-refractivity contribution in [3.63, 3.8) is 0 Å². The van der Waals surface area contributed by atoms with Gasteiger partial charge in [-0.05, 0) is 76.1 Å². The number of amides is 1. The molecule has 0 bridgehead atoms. The van der Waals surface area contributed by atoms with Crippen molar-refractivity contribution in [1.29, 1.82) is 0 Å². The minimum atomic E-state index is 0. The van der Waals surface area contributed by atoms with Crippen LogP contribution in [-0.2, 0) is 11.3 Å². The van der Waals surface area contributed by atoms with E-state index in [4.69, 9.17) is 9.47 Å². The monoisotopic (exact) mass is 396 g/mol. The molecule has 1 saturated heterocycles. The summed E-state index contributed by atoms with van der Waals surface area (Å²) in [5, 5.41) is 6.44. The van der Waals surface area contributed by atoms with Crippen molar-refractivity contribution in [2.75, 3.05) is 20.2 Å². The lowest BCUT2D eigenvalue weighted by molar-refractivity contribution is -0.121. The van der Waals surface area contributed by atoms with Gasteiger partial charge in [0.25, 0.3) is 0 Å². The van der Waals surface area contributed by atoms with Crippen molar-refractivity contribution in [2.24, 2.45) is 5.92 Å². The van der Waals surface area contributed by atoms with Gasteiger partial charge < -0.3 is 20.1 Å². The van der Waals surface area contributed by atoms with Gasteiger partial charge in [-0.15, -0.1) is 12.4 Å². The quantitative estimate of drug-likeness (QED) is 0.701. The third-order valence-corrected chi connectivity index (χ3v) is 5.58. The van der Waals surface area contributed by atoms with E-state index in [0.29, 0.717) is 18.9 Å². The SMILES string of the molecule is COc1ccc(CNC(=O)CCC2CCNCC2)c(OC2CCCC2)c1.Cl. The first-order valence-corrected chi connectivity index (χ1v) is 10.1. The average Bonchev–Trinajstić information content (AvgIpc) is 3.19. The van der Waals surface area contributed by atoms with E-state index in [2.05, 4.69) is 10.6 Å². The minimum absolute atomic E-state index is 0. The number of halogens is 1. The van der Waals surface area contributed by atoms with E-state index in [1.807, 2.05) is 18.2 Å². The molecule has 27 heavy (non-hydrogen) atoms. The molecule has 0 unspecified atom stereocenters. The van der Waals surface area contributed by atoms with Crippen LogP contribution >= 0.6 is 12.4 Å². The van der Waals surface area contributed by atoms with E-state index < -0.39 is 0 Å². The molecule has 2 N–H and O–H groups in total. The highest BCUT2D eigenvalue weighted by Crippen LogP contribution is 2.30. The molecule has 1 amide bonds. The van der Waals surface area contributed by atoms with Gasteiger partial charge in [-0.25, -0.2) is 0 Å². The molecule has 1 aliphatic heterocycles. The van der Waals surface area contributed by atoms with Crippen LogP contribution in [0.15, 0.2) is 18.2 Å². The Morgan fingerprint density at radius 2 is 1.93 bits per heavy atom. The largest absolute Gasteiger partial charge is 0.497 e. The molecule has 0 radical (unpaired) electrons. The molecule has 0 aromatic heterocycles. The van der Waals surface area contributed by atoms with Crippen molar-refractivity contribution in [3.8, 4) is 11.5 Å². The van der Waals surface area contributed by atoms with E-state index in [-0.39, 0.29) is 24.4 Å². The van der Waals surface area contributed by atoms with Crippen molar-refractivity contribution in [3.05, 3.63) is 23.8 Å². The van der Waals surface area contributed by atoms with E-state index in [1.165, 1.54) is 25.7 Å². The number of benzene rings is 1. The van der Waals surface area contributed by atoms with Gasteiger partial charge in [0, 0.05) is 24.6 Å². The van der Waals surface area contributed by atoms with Crippen LogP contribution in [0, 0.1) is 5.92 Å². The van der Waals surface area contributed by atoms with E-state index in [9.17, 15) is 4.79 Å². The molecule has 1 aromatic rings. The summed E-state index contributed by atoms with van der Waals surface area (Å²) in [6.07, 6.45) is 8.95. The highest BCUT2D eigenvalue weighted by Gasteiger charge is 2.19. The van der Waals surface area contributed by atoms with Gasteiger partial charge in [0.1, 0.15) is 11.5 Å². The highest BCUT2D eigenvalue weighted by atomic mass is 35.5. The standard InChI is InChI=1S/C21H32N2O3.ClH/c1-25-19-8-7-17(20(14-19)26-18-4-2-3-5-18)15-23-21(24)9-6-16-10-12-22-13-11-16;/h7-8,14,16,18,22H,2-6,9-13,15H2,1H3,(H,23,24);1H. The summed E-state index contributed by atoms with van der Waals surface area (Å²) in [7, 11) is 1.66. The molecule has 1 heterocycles. The first-order chi connectivity index (χ1) is 12.7. The number of methoxy groups -OCH3 is 1. The Kier molecular flexibility index (Phi) is 9.22. The summed E-state index contributed by atoms with van der Waals surface area (Å²) in [5.41, 5.74) is 1.02. The summed E-state index contributed by atoms with van der Waals surface area (Å²) in [6.45, 7) is 2.68. The number of hydrogen-bond donors (Lipinski definition) is 2. The minimum Gasteiger partial charge on any atom is -0.497 e. The summed E-state index contributed by atoms with van der Waals surface area (Å²) >= 11 is 0. The molecule has 2 fully saturated rings. The molecule has 0 spiro atoms. The van der Waals surface area contributed by atoms with Crippen LogP contribution in [0.25, 0.3) is 0 Å². The maximum atomic E-state index is 12.2. The van der Waals surface area contributed by atoms with Gasteiger partial charge in [-0.1, -0.05) is 0 Å². The van der Waals surface area contributed by atoms with E-state index in [0.717, 1.165) is 49.4 Å². The maximum absolute atomic E-state index is 12.2. The van der Waals surface area contributed by atoms with Gasteiger partial charge in [-0.2, -0.15) is 0 Å². The van der Waals surface area contributed by atoms with Crippen LogP contribution < -0.4 is 20.1 Å². The van der Waals surface area contributed by atoms with Crippen molar-refractivity contribution in [1.82, 2.24) is 10.6 Å². The lowest BCUT2D eigenvalue weighted by Crippen LogP contribution is -2.29. The highest BCUT2D eigenvalue weighted by molar-refractivity contribution is 5.85. The topological polar surface area (TPSA) is 59.6 Å². The van der Waals surface area contributed by atoms with Gasteiger partial charge in [0.05, 0.1) is 13.2 Å². The maximum Gasteiger partial charge on any atom is 0.220 e. The summed E-state index contributed by atoms with van der Waals surface area (Å²) in [5.74, 6) is 2.45. The zero-order valence-corrected chi connectivity index (χ0v) is 17.1. The Hall–Kier alpha value is -1.46. The molecule has 1 saturated carbocycles. The fourth-order valence-corrected chi connectivity index (χ4v) is 3.89. The molecule has 1 aliphatic carbocycles. The third-order valence-electron chi connectivity index (χ3n) is 5.58. The molecule has 0 atom stereocenters. The number of carbonyl (C=O) groups is 1. The average molecular weight is 397 g/mol. The molecular formula is C21H33ClN2O3. The Labute approximate surface area is 169 Å². The Balaban J connectivity index is 0.00000261.